The Morgan fingerprint density at radius 2 is 1.91 bits per heavy atom. The van der Waals surface area contributed by atoms with Gasteiger partial charge in [-0.05, 0) is 51.3 Å². The summed E-state index contributed by atoms with van der Waals surface area (Å²) in [5.74, 6) is 0.528. The number of benzene rings is 1. The average molecular weight is 464 g/mol. The van der Waals surface area contributed by atoms with Crippen LogP contribution < -0.4 is 10.1 Å². The third-order valence-corrected chi connectivity index (χ3v) is 7.11. The molecule has 34 heavy (non-hydrogen) atoms. The van der Waals surface area contributed by atoms with Gasteiger partial charge in [-0.1, -0.05) is 31.4 Å². The molecule has 1 fully saturated rings. The number of nitrogens with one attached hydrogen (secondary N) is 1. The van der Waals surface area contributed by atoms with Crippen molar-refractivity contribution in [2.45, 2.75) is 83.6 Å². The van der Waals surface area contributed by atoms with Crippen molar-refractivity contribution in [1.29, 1.82) is 0 Å². The van der Waals surface area contributed by atoms with Gasteiger partial charge in [-0.2, -0.15) is 0 Å². The van der Waals surface area contributed by atoms with Crippen LogP contribution in [0, 0.1) is 0 Å². The highest BCUT2D eigenvalue weighted by atomic mass is 16.5. The molecule has 1 atom stereocenters. The van der Waals surface area contributed by atoms with E-state index in [9.17, 15) is 9.59 Å². The normalized spacial score (nSPS) is 21.2. The number of nitrogens with zero attached hydrogens (tertiary/aromatic N) is 2. The first-order chi connectivity index (χ1) is 16.3. The Morgan fingerprint density at radius 1 is 1.18 bits per heavy atom. The molecule has 0 bridgehead atoms. The largest absolute Gasteiger partial charge is 0.491 e. The van der Waals surface area contributed by atoms with Gasteiger partial charge in [-0.3, -0.25) is 9.59 Å². The van der Waals surface area contributed by atoms with E-state index < -0.39 is 5.54 Å². The van der Waals surface area contributed by atoms with Crippen molar-refractivity contribution >= 4 is 22.9 Å². The summed E-state index contributed by atoms with van der Waals surface area (Å²) in [6.45, 7) is 6.57. The lowest BCUT2D eigenvalue weighted by Crippen LogP contribution is -2.64. The topological polar surface area (TPSA) is 76.7 Å². The van der Waals surface area contributed by atoms with Crippen LogP contribution in [0.15, 0.2) is 47.1 Å². The summed E-state index contributed by atoms with van der Waals surface area (Å²) in [6, 6.07) is 11.6. The maximum atomic E-state index is 13.8. The Morgan fingerprint density at radius 3 is 2.62 bits per heavy atom. The maximum absolute atomic E-state index is 13.8. The molecule has 1 N–H and O–H groups in total. The Bertz CT molecular complexity index is 1190. The molecule has 7 heteroatoms. The molecule has 0 saturated heterocycles. The molecule has 1 aliphatic carbocycles. The third-order valence-electron chi connectivity index (χ3n) is 7.11. The SMILES string of the molecule is CC(C)Oc1ccc(CN2C(=O)c3cc4occc4n3C[C@@]2(C)C(=O)NC2CCCCC2)cc1. The van der Waals surface area contributed by atoms with E-state index in [1.807, 2.05) is 55.7 Å². The maximum Gasteiger partial charge on any atom is 0.271 e. The number of fused-ring (bicyclic) bond motifs is 3. The van der Waals surface area contributed by atoms with E-state index in [0.29, 0.717) is 24.4 Å². The zero-order valence-electron chi connectivity index (χ0n) is 20.2. The molecular formula is C27H33N3O4. The zero-order chi connectivity index (χ0) is 23.9. The number of rotatable bonds is 6. The predicted molar refractivity (Wildman–Crippen MR) is 130 cm³/mol. The van der Waals surface area contributed by atoms with E-state index >= 15 is 0 Å². The molecule has 2 aliphatic rings. The molecule has 180 valence electrons. The van der Waals surface area contributed by atoms with Crippen LogP contribution in [-0.4, -0.2) is 39.0 Å². The molecule has 3 aromatic rings. The van der Waals surface area contributed by atoms with E-state index in [0.717, 1.165) is 42.5 Å². The molecular weight excluding hydrogens is 430 g/mol. The van der Waals surface area contributed by atoms with Crippen LogP contribution >= 0.6 is 0 Å². The van der Waals surface area contributed by atoms with Crippen LogP contribution in [0.25, 0.3) is 11.1 Å². The smallest absolute Gasteiger partial charge is 0.271 e. The number of carbonyl (C=O) groups excluding carboxylic acids is 2. The summed E-state index contributed by atoms with van der Waals surface area (Å²) in [5, 5.41) is 3.27. The van der Waals surface area contributed by atoms with Gasteiger partial charge in [-0.25, -0.2) is 0 Å². The second kappa shape index (κ2) is 8.85. The van der Waals surface area contributed by atoms with Crippen molar-refractivity contribution in [3.05, 3.63) is 53.9 Å². The van der Waals surface area contributed by atoms with Crippen molar-refractivity contribution in [3.8, 4) is 5.75 Å². The lowest BCUT2D eigenvalue weighted by atomic mass is 9.91. The fourth-order valence-corrected chi connectivity index (χ4v) is 5.24. The van der Waals surface area contributed by atoms with Crippen molar-refractivity contribution < 1.29 is 18.7 Å². The number of hydrogen-bond donors (Lipinski definition) is 1. The van der Waals surface area contributed by atoms with E-state index in [2.05, 4.69) is 5.32 Å². The first-order valence-corrected chi connectivity index (χ1v) is 12.3. The molecule has 1 aromatic carbocycles. The second-order valence-electron chi connectivity index (χ2n) is 10.1. The van der Waals surface area contributed by atoms with Gasteiger partial charge in [0.2, 0.25) is 5.91 Å². The van der Waals surface area contributed by atoms with E-state index in [1.54, 1.807) is 17.2 Å². The number of amides is 2. The van der Waals surface area contributed by atoms with Crippen LogP contribution in [0.2, 0.25) is 0 Å². The van der Waals surface area contributed by atoms with Gasteiger partial charge >= 0.3 is 0 Å². The van der Waals surface area contributed by atoms with Crippen LogP contribution in [0.4, 0.5) is 0 Å². The summed E-state index contributed by atoms with van der Waals surface area (Å²) < 4.78 is 13.2. The minimum atomic E-state index is -1.03. The number of hydrogen-bond acceptors (Lipinski definition) is 4. The summed E-state index contributed by atoms with van der Waals surface area (Å²) >= 11 is 0. The highest BCUT2D eigenvalue weighted by Crippen LogP contribution is 2.34. The summed E-state index contributed by atoms with van der Waals surface area (Å²) in [5.41, 5.74) is 1.98. The van der Waals surface area contributed by atoms with Gasteiger partial charge < -0.3 is 23.9 Å². The number of ether oxygens (including phenoxy) is 1. The average Bonchev–Trinajstić information content (AvgIpc) is 3.40. The molecule has 0 unspecified atom stereocenters. The molecule has 3 heterocycles. The van der Waals surface area contributed by atoms with Gasteiger partial charge in [0.15, 0.2) is 5.58 Å². The first kappa shape index (κ1) is 22.6. The van der Waals surface area contributed by atoms with Gasteiger partial charge in [0.05, 0.1) is 24.4 Å². The van der Waals surface area contributed by atoms with E-state index in [1.165, 1.54) is 6.42 Å². The van der Waals surface area contributed by atoms with Gasteiger partial charge in [0.1, 0.15) is 17.0 Å². The fourth-order valence-electron chi connectivity index (χ4n) is 5.24. The van der Waals surface area contributed by atoms with Crippen molar-refractivity contribution in [2.24, 2.45) is 0 Å². The van der Waals surface area contributed by atoms with E-state index in [-0.39, 0.29) is 24.0 Å². The number of aromatic nitrogens is 1. The lowest BCUT2D eigenvalue weighted by molar-refractivity contribution is -0.134. The molecule has 1 aliphatic heterocycles. The highest BCUT2D eigenvalue weighted by molar-refractivity contribution is 6.02. The molecule has 5 rings (SSSR count). The molecule has 2 aromatic heterocycles. The van der Waals surface area contributed by atoms with Gasteiger partial charge in [0, 0.05) is 24.7 Å². The fraction of sp³-hybridized carbons (Fsp3) is 0.481. The minimum Gasteiger partial charge on any atom is -0.491 e. The standard InChI is InChI=1S/C27H33N3O4/c1-18(2)34-21-11-9-19(10-12-21)16-30-25(31)23-15-24-22(13-14-33-24)29(23)17-27(30,3)26(32)28-20-7-5-4-6-8-20/h9-15,18,20H,4-8,16-17H2,1-3H3,(H,28,32)/t27-/m0/s1. The zero-order valence-corrected chi connectivity index (χ0v) is 20.2. The van der Waals surface area contributed by atoms with Gasteiger partial charge in [0.25, 0.3) is 5.91 Å². The summed E-state index contributed by atoms with van der Waals surface area (Å²) in [4.78, 5) is 29.2. The monoisotopic (exact) mass is 463 g/mol. The minimum absolute atomic E-state index is 0.0901. The second-order valence-corrected chi connectivity index (χ2v) is 10.1. The molecule has 2 amide bonds. The summed E-state index contributed by atoms with van der Waals surface area (Å²) in [6.07, 6.45) is 7.18. The lowest BCUT2D eigenvalue weighted by Gasteiger charge is -2.44. The quantitative estimate of drug-likeness (QED) is 0.565. The highest BCUT2D eigenvalue weighted by Gasteiger charge is 2.48. The summed E-state index contributed by atoms with van der Waals surface area (Å²) in [7, 11) is 0. The van der Waals surface area contributed by atoms with Crippen LogP contribution in [-0.2, 0) is 17.9 Å². The van der Waals surface area contributed by atoms with Crippen LogP contribution in [0.3, 0.4) is 0 Å². The molecule has 0 radical (unpaired) electrons. The Kier molecular flexibility index (Phi) is 5.88. The molecule has 1 saturated carbocycles. The van der Waals surface area contributed by atoms with Crippen LogP contribution in [0.1, 0.15) is 68.9 Å². The molecule has 7 nitrogen and oxygen atoms in total. The number of furan rings is 1. The first-order valence-electron chi connectivity index (χ1n) is 12.3. The van der Waals surface area contributed by atoms with Crippen molar-refractivity contribution in [3.63, 3.8) is 0 Å². The Hall–Kier alpha value is -3.22. The molecule has 0 spiro atoms. The van der Waals surface area contributed by atoms with Crippen LogP contribution in [0.5, 0.6) is 5.75 Å². The van der Waals surface area contributed by atoms with E-state index in [4.69, 9.17) is 9.15 Å². The van der Waals surface area contributed by atoms with Crippen molar-refractivity contribution in [1.82, 2.24) is 14.8 Å². The van der Waals surface area contributed by atoms with Crippen molar-refractivity contribution in [2.75, 3.05) is 0 Å². The Labute approximate surface area is 200 Å². The Balaban J connectivity index is 1.47. The third kappa shape index (κ3) is 4.08. The number of carbonyl (C=O) groups is 2. The predicted octanol–water partition coefficient (Wildman–Crippen LogP) is 4.89. The van der Waals surface area contributed by atoms with Gasteiger partial charge in [-0.15, -0.1) is 0 Å².